The first-order valence-electron chi connectivity index (χ1n) is 8.66. The Bertz CT molecular complexity index is 1070. The van der Waals surface area contributed by atoms with Crippen molar-refractivity contribution >= 4 is 29.2 Å². The van der Waals surface area contributed by atoms with E-state index >= 15 is 0 Å². The maximum Gasteiger partial charge on any atom is 0.338 e. The van der Waals surface area contributed by atoms with E-state index in [1.54, 1.807) is 12.1 Å². The number of aromatic nitrogens is 4. The van der Waals surface area contributed by atoms with Gasteiger partial charge >= 0.3 is 5.97 Å². The molecule has 3 aromatic rings. The van der Waals surface area contributed by atoms with E-state index in [-0.39, 0.29) is 18.0 Å². The first-order valence-corrected chi connectivity index (χ1v) is 8.66. The monoisotopic (exact) mass is 399 g/mol. The van der Waals surface area contributed by atoms with Crippen molar-refractivity contribution < 1.29 is 29.3 Å². The van der Waals surface area contributed by atoms with Crippen molar-refractivity contribution in [1.82, 2.24) is 19.5 Å². The summed E-state index contributed by atoms with van der Waals surface area (Å²) in [4.78, 5) is 35.1. The number of rotatable bonds is 5. The molecule has 1 fully saturated rings. The molecule has 11 nitrogen and oxygen atoms in total. The van der Waals surface area contributed by atoms with Crippen LogP contribution in [0.3, 0.4) is 0 Å². The van der Waals surface area contributed by atoms with Gasteiger partial charge in [-0.15, -0.1) is 0 Å². The highest BCUT2D eigenvalue weighted by Gasteiger charge is 2.45. The average molecular weight is 399 g/mol. The molecule has 4 N–H and O–H groups in total. The molecule has 1 aliphatic rings. The van der Waals surface area contributed by atoms with Crippen LogP contribution in [0.5, 0.6) is 0 Å². The SMILES string of the molecule is Nc1ncnc2c1ncn2[C@@H]1OC(COC(=O)c2cccc(C=O)c2)[C@@H](O)C1O. The van der Waals surface area contributed by atoms with Crippen molar-refractivity contribution in [3.8, 4) is 0 Å². The number of aldehydes is 1. The molecule has 0 spiro atoms. The second-order valence-corrected chi connectivity index (χ2v) is 6.47. The Morgan fingerprint density at radius 3 is 2.90 bits per heavy atom. The Morgan fingerprint density at radius 1 is 1.28 bits per heavy atom. The molecule has 1 aromatic carbocycles. The van der Waals surface area contributed by atoms with Crippen LogP contribution in [0.1, 0.15) is 26.9 Å². The normalized spacial score (nSPS) is 23.9. The molecule has 29 heavy (non-hydrogen) atoms. The summed E-state index contributed by atoms with van der Waals surface area (Å²) in [5.74, 6) is -0.513. The van der Waals surface area contributed by atoms with Gasteiger partial charge in [0, 0.05) is 5.56 Å². The van der Waals surface area contributed by atoms with E-state index in [0.29, 0.717) is 23.0 Å². The molecular weight excluding hydrogens is 382 g/mol. The van der Waals surface area contributed by atoms with Gasteiger partial charge in [0.1, 0.15) is 43.0 Å². The number of esters is 1. The Hall–Kier alpha value is -3.41. The molecule has 0 aliphatic carbocycles. The predicted octanol–water partition coefficient (Wildman–Crippen LogP) is -0.303. The maximum absolute atomic E-state index is 12.2. The van der Waals surface area contributed by atoms with Crippen LogP contribution in [0.4, 0.5) is 5.82 Å². The van der Waals surface area contributed by atoms with Gasteiger partial charge in [0.25, 0.3) is 0 Å². The lowest BCUT2D eigenvalue weighted by molar-refractivity contribution is -0.0565. The van der Waals surface area contributed by atoms with Crippen molar-refractivity contribution in [2.24, 2.45) is 0 Å². The lowest BCUT2D eigenvalue weighted by Crippen LogP contribution is -2.34. The summed E-state index contributed by atoms with van der Waals surface area (Å²) in [6, 6.07) is 6.00. The van der Waals surface area contributed by atoms with Gasteiger partial charge in [-0.3, -0.25) is 9.36 Å². The van der Waals surface area contributed by atoms with E-state index in [0.717, 1.165) is 0 Å². The zero-order valence-electron chi connectivity index (χ0n) is 15.0. The lowest BCUT2D eigenvalue weighted by Gasteiger charge is -2.16. The third-order valence-electron chi connectivity index (χ3n) is 4.64. The van der Waals surface area contributed by atoms with Gasteiger partial charge in [0.2, 0.25) is 0 Å². The minimum Gasteiger partial charge on any atom is -0.459 e. The van der Waals surface area contributed by atoms with Crippen LogP contribution in [0.2, 0.25) is 0 Å². The number of imidazole rings is 1. The molecule has 3 heterocycles. The lowest BCUT2D eigenvalue weighted by atomic mass is 10.1. The molecule has 0 saturated carbocycles. The summed E-state index contributed by atoms with van der Waals surface area (Å²) >= 11 is 0. The van der Waals surface area contributed by atoms with E-state index in [1.165, 1.54) is 29.4 Å². The van der Waals surface area contributed by atoms with E-state index in [2.05, 4.69) is 15.0 Å². The number of hydrogen-bond acceptors (Lipinski definition) is 10. The zero-order chi connectivity index (χ0) is 20.5. The second kappa shape index (κ2) is 7.54. The summed E-state index contributed by atoms with van der Waals surface area (Å²) in [5.41, 5.74) is 6.94. The fourth-order valence-electron chi connectivity index (χ4n) is 3.13. The van der Waals surface area contributed by atoms with E-state index < -0.39 is 30.5 Å². The van der Waals surface area contributed by atoms with Crippen LogP contribution in [0, 0.1) is 0 Å². The van der Waals surface area contributed by atoms with Gasteiger partial charge < -0.3 is 25.4 Å². The summed E-state index contributed by atoms with van der Waals surface area (Å²) in [7, 11) is 0. The summed E-state index contributed by atoms with van der Waals surface area (Å²) in [6.07, 6.45) is -1.38. The Kier molecular flexibility index (Phi) is 4.92. The molecular formula is C18H17N5O6. The first-order chi connectivity index (χ1) is 14.0. The number of hydrogen-bond donors (Lipinski definition) is 3. The number of carbonyl (C=O) groups excluding carboxylic acids is 2. The number of aliphatic hydroxyl groups excluding tert-OH is 2. The van der Waals surface area contributed by atoms with Crippen molar-refractivity contribution in [3.63, 3.8) is 0 Å². The average Bonchev–Trinajstić information content (AvgIpc) is 3.29. The molecule has 4 rings (SSSR count). The van der Waals surface area contributed by atoms with Gasteiger partial charge in [-0.05, 0) is 12.1 Å². The van der Waals surface area contributed by atoms with Crippen molar-refractivity contribution in [2.75, 3.05) is 12.3 Å². The van der Waals surface area contributed by atoms with Crippen LogP contribution < -0.4 is 5.73 Å². The number of aliphatic hydroxyl groups is 2. The molecule has 0 amide bonds. The van der Waals surface area contributed by atoms with Crippen LogP contribution in [0.15, 0.2) is 36.9 Å². The molecule has 1 saturated heterocycles. The van der Waals surface area contributed by atoms with Gasteiger partial charge in [0.15, 0.2) is 17.7 Å². The molecule has 4 atom stereocenters. The van der Waals surface area contributed by atoms with Gasteiger partial charge in [-0.2, -0.15) is 0 Å². The Labute approximate surface area is 163 Å². The third-order valence-corrected chi connectivity index (χ3v) is 4.64. The Morgan fingerprint density at radius 2 is 2.10 bits per heavy atom. The van der Waals surface area contributed by atoms with E-state index in [1.807, 2.05) is 0 Å². The zero-order valence-corrected chi connectivity index (χ0v) is 15.0. The summed E-state index contributed by atoms with van der Waals surface area (Å²) in [5, 5.41) is 20.7. The first kappa shape index (κ1) is 18.9. The fourth-order valence-corrected chi connectivity index (χ4v) is 3.13. The number of nitrogens with zero attached hydrogens (tertiary/aromatic N) is 4. The highest BCUT2D eigenvalue weighted by Crippen LogP contribution is 2.32. The molecule has 0 bridgehead atoms. The molecule has 2 aromatic heterocycles. The van der Waals surface area contributed by atoms with Gasteiger partial charge in [0.05, 0.1) is 11.9 Å². The highest BCUT2D eigenvalue weighted by atomic mass is 16.6. The number of fused-ring (bicyclic) bond motifs is 1. The summed E-state index contributed by atoms with van der Waals surface area (Å²) < 4.78 is 12.3. The minimum atomic E-state index is -1.31. The largest absolute Gasteiger partial charge is 0.459 e. The molecule has 2 unspecified atom stereocenters. The third kappa shape index (κ3) is 3.42. The molecule has 1 aliphatic heterocycles. The fraction of sp³-hybridized carbons (Fsp3) is 0.278. The molecule has 0 radical (unpaired) electrons. The van der Waals surface area contributed by atoms with Crippen molar-refractivity contribution in [2.45, 2.75) is 24.5 Å². The number of carbonyl (C=O) groups is 2. The van der Waals surface area contributed by atoms with Crippen LogP contribution >= 0.6 is 0 Å². The van der Waals surface area contributed by atoms with Gasteiger partial charge in [-0.1, -0.05) is 12.1 Å². The Balaban J connectivity index is 1.48. The smallest absolute Gasteiger partial charge is 0.338 e. The number of anilines is 1. The summed E-state index contributed by atoms with van der Waals surface area (Å²) in [6.45, 7) is -0.303. The number of benzene rings is 1. The number of nitrogens with two attached hydrogens (primary N) is 1. The quantitative estimate of drug-likeness (QED) is 0.383. The van der Waals surface area contributed by atoms with Crippen molar-refractivity contribution in [3.05, 3.63) is 48.0 Å². The number of nitrogen functional groups attached to an aromatic ring is 1. The van der Waals surface area contributed by atoms with Gasteiger partial charge in [-0.25, -0.2) is 19.7 Å². The van der Waals surface area contributed by atoms with Crippen molar-refractivity contribution in [1.29, 1.82) is 0 Å². The number of ether oxygens (including phenoxy) is 2. The molecule has 11 heteroatoms. The minimum absolute atomic E-state index is 0.171. The standard InChI is InChI=1S/C18H17N5O6/c19-15-12-16(21-7-20-15)23(8-22-12)17-14(26)13(25)11(29-17)6-28-18(27)10-3-1-2-9(4-10)5-24/h1-5,7-8,11,13-14,17,25-26H,6H2,(H2,19,20,21)/t11?,13-,14?,17-/m1/s1. The van der Waals surface area contributed by atoms with E-state index in [4.69, 9.17) is 15.2 Å². The van der Waals surface area contributed by atoms with E-state index in [9.17, 15) is 19.8 Å². The second-order valence-electron chi connectivity index (χ2n) is 6.47. The van der Waals surface area contributed by atoms with Crippen LogP contribution in [-0.2, 0) is 9.47 Å². The maximum atomic E-state index is 12.2. The molecule has 150 valence electrons. The topological polar surface area (TPSA) is 163 Å². The predicted molar refractivity (Wildman–Crippen MR) is 97.8 cm³/mol. The van der Waals surface area contributed by atoms with Crippen LogP contribution in [-0.4, -0.2) is 66.9 Å². The highest BCUT2D eigenvalue weighted by molar-refractivity contribution is 5.91. The van der Waals surface area contributed by atoms with Crippen LogP contribution in [0.25, 0.3) is 11.2 Å².